The first kappa shape index (κ1) is 22.1. The average molecular weight is 465 g/mol. The van der Waals surface area contributed by atoms with E-state index in [4.69, 9.17) is 14.8 Å². The second-order valence-electron chi connectivity index (χ2n) is 9.15. The number of piperidine rings is 1. The molecule has 7 nitrogen and oxygen atoms in total. The Morgan fingerprint density at radius 2 is 2.06 bits per heavy atom. The van der Waals surface area contributed by atoms with Crippen LogP contribution >= 0.6 is 11.3 Å². The van der Waals surface area contributed by atoms with Crippen LogP contribution in [-0.4, -0.2) is 56.2 Å². The number of nitrogens with one attached hydrogen (secondary N) is 1. The summed E-state index contributed by atoms with van der Waals surface area (Å²) in [6.45, 7) is 10.3. The number of rotatable bonds is 7. The van der Waals surface area contributed by atoms with Gasteiger partial charge in [0, 0.05) is 40.8 Å². The molecule has 1 N–H and O–H groups in total. The van der Waals surface area contributed by atoms with Gasteiger partial charge in [0.1, 0.15) is 5.01 Å². The maximum absolute atomic E-state index is 5.60. The number of aromatic amines is 1. The van der Waals surface area contributed by atoms with Crippen LogP contribution in [-0.2, 0) is 0 Å². The molecule has 0 unspecified atom stereocenters. The van der Waals surface area contributed by atoms with E-state index < -0.39 is 0 Å². The third-order valence-electron chi connectivity index (χ3n) is 6.60. The molecule has 1 saturated heterocycles. The van der Waals surface area contributed by atoms with Crippen molar-refractivity contribution in [1.82, 2.24) is 29.5 Å². The first-order chi connectivity index (χ1) is 16.1. The van der Waals surface area contributed by atoms with E-state index in [0.29, 0.717) is 11.8 Å². The molecule has 0 amide bonds. The van der Waals surface area contributed by atoms with Crippen LogP contribution in [0.1, 0.15) is 62.3 Å². The number of thiazole rings is 1. The molecular formula is C25H32N6OS. The largest absolute Gasteiger partial charge is 0.493 e. The highest BCUT2D eigenvalue weighted by Gasteiger charge is 2.25. The van der Waals surface area contributed by atoms with Gasteiger partial charge in [-0.05, 0) is 56.8 Å². The Labute approximate surface area is 198 Å². The lowest BCUT2D eigenvalue weighted by Crippen LogP contribution is -2.33. The second-order valence-corrected chi connectivity index (χ2v) is 10.2. The van der Waals surface area contributed by atoms with Crippen LogP contribution in [0.25, 0.3) is 27.6 Å². The van der Waals surface area contributed by atoms with Gasteiger partial charge in [-0.15, -0.1) is 11.3 Å². The third kappa shape index (κ3) is 4.17. The minimum absolute atomic E-state index is 0.294. The summed E-state index contributed by atoms with van der Waals surface area (Å²) in [6.07, 6.45) is 11.5. The topological polar surface area (TPSA) is 71.3 Å². The number of H-pyrrole nitrogens is 1. The lowest BCUT2D eigenvalue weighted by Gasteiger charge is -2.30. The van der Waals surface area contributed by atoms with Crippen LogP contribution in [0.15, 0.2) is 30.9 Å². The molecule has 4 aromatic heterocycles. The van der Waals surface area contributed by atoms with Gasteiger partial charge in [-0.3, -0.25) is 5.10 Å². The monoisotopic (exact) mass is 464 g/mol. The smallest absolute Gasteiger partial charge is 0.179 e. The highest BCUT2D eigenvalue weighted by Crippen LogP contribution is 2.40. The number of hydrogen-bond donors (Lipinski definition) is 1. The summed E-state index contributed by atoms with van der Waals surface area (Å²) in [6, 6.07) is 2.02. The van der Waals surface area contributed by atoms with E-state index in [2.05, 4.69) is 48.1 Å². The Kier molecular flexibility index (Phi) is 6.21. The van der Waals surface area contributed by atoms with E-state index in [1.807, 2.05) is 28.0 Å². The van der Waals surface area contributed by atoms with Crippen molar-refractivity contribution in [1.29, 1.82) is 0 Å². The molecule has 5 heterocycles. The molecule has 8 heteroatoms. The number of fused-ring (bicyclic) bond motifs is 1. The molecule has 5 rings (SSSR count). The quantitative estimate of drug-likeness (QED) is 0.387. The fourth-order valence-corrected chi connectivity index (χ4v) is 6.02. The normalized spacial score (nSPS) is 15.7. The van der Waals surface area contributed by atoms with Crippen LogP contribution in [0, 0.1) is 0 Å². The first-order valence-corrected chi connectivity index (χ1v) is 12.7. The number of imidazole rings is 1. The number of ether oxygens (including phenoxy) is 1. The zero-order valence-electron chi connectivity index (χ0n) is 19.8. The molecule has 1 aliphatic rings. The third-order valence-corrected chi connectivity index (χ3v) is 7.77. The van der Waals surface area contributed by atoms with Gasteiger partial charge in [-0.2, -0.15) is 5.10 Å². The molecule has 0 aliphatic carbocycles. The van der Waals surface area contributed by atoms with Crippen LogP contribution < -0.4 is 4.74 Å². The average Bonchev–Trinajstić information content (AvgIpc) is 3.57. The lowest BCUT2D eigenvalue weighted by molar-refractivity contribution is 0.214. The Balaban J connectivity index is 1.47. The number of pyridine rings is 1. The molecule has 1 fully saturated rings. The van der Waals surface area contributed by atoms with Gasteiger partial charge in [0.2, 0.25) is 0 Å². The molecule has 0 atom stereocenters. The molecule has 174 valence electrons. The van der Waals surface area contributed by atoms with E-state index >= 15 is 0 Å². The van der Waals surface area contributed by atoms with Gasteiger partial charge >= 0.3 is 0 Å². The van der Waals surface area contributed by atoms with Gasteiger partial charge in [-0.25, -0.2) is 9.97 Å². The van der Waals surface area contributed by atoms with Crippen molar-refractivity contribution in [3.63, 3.8) is 0 Å². The maximum Gasteiger partial charge on any atom is 0.179 e. The van der Waals surface area contributed by atoms with Crippen molar-refractivity contribution in [2.45, 2.75) is 51.9 Å². The van der Waals surface area contributed by atoms with Crippen molar-refractivity contribution in [3.05, 3.63) is 41.3 Å². The summed E-state index contributed by atoms with van der Waals surface area (Å²) in [5.41, 5.74) is 4.97. The minimum atomic E-state index is 0.294. The lowest BCUT2D eigenvalue weighted by atomic mass is 9.96. The summed E-state index contributed by atoms with van der Waals surface area (Å²) < 4.78 is 7.58. The van der Waals surface area contributed by atoms with Crippen LogP contribution in [0.3, 0.4) is 0 Å². The second kappa shape index (κ2) is 9.27. The zero-order chi connectivity index (χ0) is 22.9. The van der Waals surface area contributed by atoms with Crippen molar-refractivity contribution in [3.8, 4) is 27.7 Å². The molecule has 33 heavy (non-hydrogen) atoms. The van der Waals surface area contributed by atoms with E-state index in [1.54, 1.807) is 13.3 Å². The number of likely N-dealkylation sites (tertiary alicyclic amines) is 1. The molecule has 0 saturated carbocycles. The SMILES string of the molecule is CCCN1CCC(c2cnc(-c3[nH]nc(-c4cc(OC)c5nccn5c4)c3C(C)C)s2)CC1. The van der Waals surface area contributed by atoms with Crippen molar-refractivity contribution >= 4 is 17.0 Å². The highest BCUT2D eigenvalue weighted by atomic mass is 32.1. The molecular weight excluding hydrogens is 432 g/mol. The zero-order valence-corrected chi connectivity index (χ0v) is 20.7. The number of methoxy groups -OCH3 is 1. The Morgan fingerprint density at radius 3 is 2.79 bits per heavy atom. The highest BCUT2D eigenvalue weighted by molar-refractivity contribution is 7.15. The van der Waals surface area contributed by atoms with Gasteiger partial charge in [-0.1, -0.05) is 20.8 Å². The summed E-state index contributed by atoms with van der Waals surface area (Å²) in [5, 5.41) is 9.09. The number of aromatic nitrogens is 5. The molecule has 1 aliphatic heterocycles. The molecule has 0 spiro atoms. The predicted octanol–water partition coefficient (Wildman–Crippen LogP) is 5.57. The summed E-state index contributed by atoms with van der Waals surface area (Å²) in [4.78, 5) is 13.2. The molecule has 0 aromatic carbocycles. The van der Waals surface area contributed by atoms with E-state index in [0.717, 1.165) is 33.4 Å². The Bertz CT molecular complexity index is 1230. The maximum atomic E-state index is 5.60. The standard InChI is InChI=1S/C25H32N6OS/c1-5-9-30-10-6-17(7-11-30)20-14-27-25(33-20)23-21(16(2)3)22(28-29-23)18-13-19(32-4)24-26-8-12-31(24)15-18/h8,12-17H,5-7,9-11H2,1-4H3,(H,28,29). The Morgan fingerprint density at radius 1 is 1.24 bits per heavy atom. The fourth-order valence-electron chi connectivity index (χ4n) is 4.92. The molecule has 4 aromatic rings. The number of hydrogen-bond acceptors (Lipinski definition) is 6. The molecule has 0 radical (unpaired) electrons. The predicted molar refractivity (Wildman–Crippen MR) is 133 cm³/mol. The van der Waals surface area contributed by atoms with E-state index in [9.17, 15) is 0 Å². The van der Waals surface area contributed by atoms with Crippen LogP contribution in [0.2, 0.25) is 0 Å². The fraction of sp³-hybridized carbons (Fsp3) is 0.480. The van der Waals surface area contributed by atoms with Crippen LogP contribution in [0.4, 0.5) is 0 Å². The van der Waals surface area contributed by atoms with Gasteiger partial charge < -0.3 is 14.0 Å². The van der Waals surface area contributed by atoms with Gasteiger partial charge in [0.15, 0.2) is 11.4 Å². The first-order valence-electron chi connectivity index (χ1n) is 11.9. The van der Waals surface area contributed by atoms with E-state index in [-0.39, 0.29) is 0 Å². The van der Waals surface area contributed by atoms with Gasteiger partial charge in [0.05, 0.1) is 18.5 Å². The summed E-state index contributed by atoms with van der Waals surface area (Å²) in [5.74, 6) is 1.65. The van der Waals surface area contributed by atoms with Crippen molar-refractivity contribution in [2.75, 3.05) is 26.7 Å². The minimum Gasteiger partial charge on any atom is -0.493 e. The van der Waals surface area contributed by atoms with E-state index in [1.165, 1.54) is 49.3 Å². The Hall–Kier alpha value is -2.71. The van der Waals surface area contributed by atoms with Gasteiger partial charge in [0.25, 0.3) is 0 Å². The number of nitrogens with zero attached hydrogens (tertiary/aromatic N) is 5. The van der Waals surface area contributed by atoms with Crippen molar-refractivity contribution in [2.24, 2.45) is 0 Å². The van der Waals surface area contributed by atoms with Crippen LogP contribution in [0.5, 0.6) is 5.75 Å². The molecule has 0 bridgehead atoms. The van der Waals surface area contributed by atoms with Crippen molar-refractivity contribution < 1.29 is 4.74 Å². The summed E-state index contributed by atoms with van der Waals surface area (Å²) >= 11 is 1.82. The summed E-state index contributed by atoms with van der Waals surface area (Å²) in [7, 11) is 1.68.